The van der Waals surface area contributed by atoms with Gasteiger partial charge in [-0.25, -0.2) is 4.98 Å². The maximum Gasteiger partial charge on any atom is 0.419 e. The monoisotopic (exact) mass is 476 g/mol. The molecule has 4 saturated carbocycles. The highest BCUT2D eigenvalue weighted by atomic mass is 19.4. The first-order valence-electron chi connectivity index (χ1n) is 12.6. The van der Waals surface area contributed by atoms with Crippen LogP contribution >= 0.6 is 0 Å². The predicted molar refractivity (Wildman–Crippen MR) is 127 cm³/mol. The molecule has 5 fully saturated rings. The van der Waals surface area contributed by atoms with Crippen molar-refractivity contribution in [1.82, 2.24) is 14.8 Å². The van der Waals surface area contributed by atoms with Crippen LogP contribution in [0.2, 0.25) is 0 Å². The number of nitrogen functional groups attached to an aromatic ring is 1. The second-order valence-electron chi connectivity index (χ2n) is 10.5. The quantitative estimate of drug-likeness (QED) is 0.557. The summed E-state index contributed by atoms with van der Waals surface area (Å²) in [6.07, 6.45) is -0.931. The van der Waals surface area contributed by atoms with Gasteiger partial charge in [0.2, 0.25) is 0 Å². The third-order valence-corrected chi connectivity index (χ3v) is 8.94. The van der Waals surface area contributed by atoms with Crippen LogP contribution in [0.3, 0.4) is 0 Å². The Morgan fingerprint density at radius 1 is 1.26 bits per heavy atom. The van der Waals surface area contributed by atoms with Crippen LogP contribution in [0.4, 0.5) is 19.0 Å². The van der Waals surface area contributed by atoms with Crippen LogP contribution in [0.15, 0.2) is 17.3 Å². The number of nitrogens with zero attached hydrogens (tertiary/aromatic N) is 4. The average Bonchev–Trinajstić information content (AvgIpc) is 3.55. The first-order valence-corrected chi connectivity index (χ1v) is 12.6. The summed E-state index contributed by atoms with van der Waals surface area (Å²) in [6.45, 7) is 11.9. The van der Waals surface area contributed by atoms with Gasteiger partial charge in [-0.05, 0) is 50.1 Å². The first kappa shape index (κ1) is 23.7. The summed E-state index contributed by atoms with van der Waals surface area (Å²) in [5.41, 5.74) is 5.91. The summed E-state index contributed by atoms with van der Waals surface area (Å²) in [7, 11) is 0. The smallest absolute Gasteiger partial charge is 0.383 e. The zero-order chi connectivity index (χ0) is 24.4. The number of rotatable bonds is 8. The zero-order valence-electron chi connectivity index (χ0n) is 20.2. The van der Waals surface area contributed by atoms with Gasteiger partial charge in [-0.2, -0.15) is 13.2 Å². The number of fused-ring (bicyclic) bond motifs is 1. The van der Waals surface area contributed by atoms with Crippen molar-refractivity contribution in [3.63, 3.8) is 0 Å². The molecule has 0 amide bonds. The lowest BCUT2D eigenvalue weighted by molar-refractivity contribution is -0.137. The molecule has 6 rings (SSSR count). The van der Waals surface area contributed by atoms with Gasteiger partial charge in [-0.1, -0.05) is 13.8 Å². The standard InChI is InChI=1S/C25H35F3N6/c1-4-14(3)32-20(12-18(29)15-10-17(25(26,27)28)23(30)31-13-15)24-16-11-19(22(24)21(16)24)34-8-6-33(5-2)7-9-34/h10,13-14,16,19,21-22,29H,4-9,11-12H2,1-3H3,(H2,30,31). The van der Waals surface area contributed by atoms with E-state index in [1.54, 1.807) is 0 Å². The number of hydrogen-bond donors (Lipinski definition) is 2. The minimum atomic E-state index is -4.59. The Hall–Kier alpha value is -2.00. The van der Waals surface area contributed by atoms with Crippen molar-refractivity contribution in [2.24, 2.45) is 28.2 Å². The fraction of sp³-hybridized carbons (Fsp3) is 0.720. The number of hydrogen-bond acceptors (Lipinski definition) is 6. The zero-order valence-corrected chi connectivity index (χ0v) is 20.2. The lowest BCUT2D eigenvalue weighted by Crippen LogP contribution is -2.50. The van der Waals surface area contributed by atoms with Gasteiger partial charge in [0.05, 0.1) is 5.56 Å². The summed E-state index contributed by atoms with van der Waals surface area (Å²) >= 11 is 0. The molecule has 4 aliphatic carbocycles. The molecule has 2 bridgehead atoms. The predicted octanol–water partition coefficient (Wildman–Crippen LogP) is 3.95. The van der Waals surface area contributed by atoms with E-state index in [2.05, 4.69) is 35.6 Å². The normalized spacial score (nSPS) is 34.1. The molecule has 1 saturated heterocycles. The Morgan fingerprint density at radius 3 is 2.56 bits per heavy atom. The van der Waals surface area contributed by atoms with Gasteiger partial charge in [0.15, 0.2) is 0 Å². The average molecular weight is 477 g/mol. The fourth-order valence-corrected chi connectivity index (χ4v) is 6.85. The number of pyridine rings is 1. The maximum absolute atomic E-state index is 13.3. The summed E-state index contributed by atoms with van der Waals surface area (Å²) in [5, 5.41) is 8.66. The van der Waals surface area contributed by atoms with Gasteiger partial charge in [-0.3, -0.25) is 9.89 Å². The topological polar surface area (TPSA) is 81.6 Å². The molecule has 0 radical (unpaired) electrons. The van der Waals surface area contributed by atoms with Gasteiger partial charge >= 0.3 is 6.18 Å². The van der Waals surface area contributed by atoms with Crippen LogP contribution in [0.5, 0.6) is 0 Å². The maximum atomic E-state index is 13.3. The number of anilines is 1. The van der Waals surface area contributed by atoms with Crippen molar-refractivity contribution >= 4 is 17.2 Å². The lowest BCUT2D eigenvalue weighted by Gasteiger charge is -2.38. The van der Waals surface area contributed by atoms with Crippen LogP contribution < -0.4 is 5.73 Å². The molecule has 1 aliphatic heterocycles. The van der Waals surface area contributed by atoms with Gasteiger partial charge in [0, 0.05) is 73.3 Å². The number of alkyl halides is 3. The summed E-state index contributed by atoms with van der Waals surface area (Å²) in [5.74, 6) is 1.31. The third kappa shape index (κ3) is 3.66. The number of piperazine rings is 1. The van der Waals surface area contributed by atoms with Crippen LogP contribution in [0, 0.1) is 28.6 Å². The largest absolute Gasteiger partial charge is 0.419 e. The second-order valence-corrected chi connectivity index (χ2v) is 10.5. The lowest BCUT2D eigenvalue weighted by atomic mass is 9.93. The Morgan fingerprint density at radius 2 is 1.97 bits per heavy atom. The van der Waals surface area contributed by atoms with E-state index in [9.17, 15) is 13.2 Å². The molecule has 6 nitrogen and oxygen atoms in total. The SMILES string of the molecule is CCC(C)N=C(CC(=N)c1cnc(N)c(C(F)(F)F)c1)C12C3CC(N4CCN(CC)CC4)C1C32. The molecule has 1 aromatic heterocycles. The molecule has 0 aromatic carbocycles. The summed E-state index contributed by atoms with van der Waals surface area (Å²) in [4.78, 5) is 13.9. The number of aromatic nitrogens is 1. The van der Waals surface area contributed by atoms with Crippen LogP contribution in [0.25, 0.3) is 0 Å². The minimum absolute atomic E-state index is 0.0797. The number of nitrogens with two attached hydrogens (primary N) is 1. The van der Waals surface area contributed by atoms with Crippen molar-refractivity contribution in [3.05, 3.63) is 23.4 Å². The fourth-order valence-electron chi connectivity index (χ4n) is 6.85. The van der Waals surface area contributed by atoms with E-state index in [1.807, 2.05) is 0 Å². The van der Waals surface area contributed by atoms with Crippen molar-refractivity contribution in [2.45, 2.75) is 58.3 Å². The van der Waals surface area contributed by atoms with E-state index in [0.717, 1.165) is 50.9 Å². The van der Waals surface area contributed by atoms with Crippen molar-refractivity contribution in [2.75, 3.05) is 38.5 Å². The van der Waals surface area contributed by atoms with Crippen LogP contribution in [0.1, 0.15) is 51.2 Å². The van der Waals surface area contributed by atoms with Crippen molar-refractivity contribution < 1.29 is 13.2 Å². The molecule has 34 heavy (non-hydrogen) atoms. The molecule has 2 heterocycles. The molecule has 9 heteroatoms. The van der Waals surface area contributed by atoms with Gasteiger partial charge in [0.1, 0.15) is 5.82 Å². The van der Waals surface area contributed by atoms with E-state index in [1.165, 1.54) is 12.6 Å². The van der Waals surface area contributed by atoms with Gasteiger partial charge in [-0.15, -0.1) is 0 Å². The first-order chi connectivity index (χ1) is 16.1. The van der Waals surface area contributed by atoms with E-state index < -0.39 is 17.6 Å². The summed E-state index contributed by atoms with van der Waals surface area (Å²) in [6, 6.07) is 1.69. The van der Waals surface area contributed by atoms with Crippen molar-refractivity contribution in [1.29, 1.82) is 5.41 Å². The second kappa shape index (κ2) is 8.29. The molecular weight excluding hydrogens is 441 g/mol. The van der Waals surface area contributed by atoms with Gasteiger partial charge in [0.25, 0.3) is 0 Å². The van der Waals surface area contributed by atoms with Gasteiger partial charge < -0.3 is 16.0 Å². The third-order valence-electron chi connectivity index (χ3n) is 8.94. The molecule has 3 N–H and O–H groups in total. The van der Waals surface area contributed by atoms with E-state index in [0.29, 0.717) is 23.8 Å². The molecule has 0 spiro atoms. The molecule has 1 aromatic rings. The van der Waals surface area contributed by atoms with Crippen molar-refractivity contribution in [3.8, 4) is 0 Å². The highest BCUT2D eigenvalue weighted by molar-refractivity contribution is 6.15. The molecule has 6 atom stereocenters. The Kier molecular flexibility index (Phi) is 5.79. The summed E-state index contributed by atoms with van der Waals surface area (Å²) < 4.78 is 40.0. The van der Waals surface area contributed by atoms with E-state index in [4.69, 9.17) is 16.1 Å². The molecule has 5 aliphatic rings. The van der Waals surface area contributed by atoms with Crippen LogP contribution in [-0.4, -0.2) is 71.0 Å². The molecular formula is C25H35F3N6. The van der Waals surface area contributed by atoms with E-state index >= 15 is 0 Å². The van der Waals surface area contributed by atoms with Crippen LogP contribution in [-0.2, 0) is 6.18 Å². The highest BCUT2D eigenvalue weighted by Gasteiger charge is 2.93. The van der Waals surface area contributed by atoms with E-state index in [-0.39, 0.29) is 29.2 Å². The Balaban J connectivity index is 1.34. The number of aliphatic imine (C=N–C) groups is 1. The number of likely N-dealkylation sites (N-methyl/N-ethyl adjacent to an activating group) is 1. The highest BCUT2D eigenvalue weighted by Crippen LogP contribution is 2.92. The number of nitrogens with one attached hydrogen (secondary N) is 1. The minimum Gasteiger partial charge on any atom is -0.383 e. The Labute approximate surface area is 199 Å². The Bertz CT molecular complexity index is 993. The molecule has 6 unspecified atom stereocenters. The number of halogens is 3. The molecule has 186 valence electrons.